The summed E-state index contributed by atoms with van der Waals surface area (Å²) >= 11 is 0. The minimum absolute atomic E-state index is 0.188. The molecule has 0 bridgehead atoms. The lowest BCUT2D eigenvalue weighted by Crippen LogP contribution is -2.08. The third-order valence-electron chi connectivity index (χ3n) is 3.51. The maximum atomic E-state index is 14.1. The van der Waals surface area contributed by atoms with Gasteiger partial charge in [-0.15, -0.1) is 0 Å². The first-order valence-corrected chi connectivity index (χ1v) is 7.95. The van der Waals surface area contributed by atoms with E-state index in [2.05, 4.69) is 0 Å². The van der Waals surface area contributed by atoms with Gasteiger partial charge in [0.2, 0.25) is 0 Å². The number of halogens is 1. The van der Waals surface area contributed by atoms with Gasteiger partial charge in [-0.2, -0.15) is 13.7 Å². The molecule has 0 saturated heterocycles. The molecule has 0 aliphatic rings. The van der Waals surface area contributed by atoms with E-state index < -0.39 is 21.9 Å². The molecule has 1 atom stereocenters. The van der Waals surface area contributed by atoms with Crippen LogP contribution in [0.15, 0.2) is 41.3 Å². The minimum Gasteiger partial charge on any atom is -0.282 e. The Hall–Kier alpha value is -2.23. The van der Waals surface area contributed by atoms with E-state index in [4.69, 9.17) is 5.26 Å². The highest BCUT2D eigenvalue weighted by Gasteiger charge is 2.22. The Morgan fingerprint density at radius 2 is 1.86 bits per heavy atom. The Morgan fingerprint density at radius 3 is 2.41 bits per heavy atom. The molecule has 2 aromatic carbocycles. The summed E-state index contributed by atoms with van der Waals surface area (Å²) in [5, 5.41) is 8.77. The quantitative estimate of drug-likeness (QED) is 0.879. The zero-order valence-corrected chi connectivity index (χ0v) is 12.9. The molecular weight excluding hydrogens is 305 g/mol. The Morgan fingerprint density at radius 1 is 1.18 bits per heavy atom. The highest BCUT2D eigenvalue weighted by Crippen LogP contribution is 2.32. The molecule has 114 valence electrons. The highest BCUT2D eigenvalue weighted by atomic mass is 32.2. The van der Waals surface area contributed by atoms with E-state index in [9.17, 15) is 17.4 Å². The van der Waals surface area contributed by atoms with Crippen LogP contribution < -0.4 is 0 Å². The molecule has 0 aliphatic heterocycles. The van der Waals surface area contributed by atoms with Crippen molar-refractivity contribution in [3.05, 3.63) is 64.5 Å². The van der Waals surface area contributed by atoms with Gasteiger partial charge < -0.3 is 0 Å². The Kier molecular flexibility index (Phi) is 4.31. The van der Waals surface area contributed by atoms with Crippen molar-refractivity contribution in [3.8, 4) is 6.07 Å². The molecule has 6 heteroatoms. The monoisotopic (exact) mass is 319 g/mol. The van der Waals surface area contributed by atoms with Gasteiger partial charge in [0, 0.05) is 5.92 Å². The van der Waals surface area contributed by atoms with Crippen LogP contribution >= 0.6 is 0 Å². The standard InChI is InChI=1S/C16H14FNO3S/c1-10-3-6-16(22(19,20)21)14(7-10)11(2)13-5-4-12(9-18)8-15(13)17/h3-8,11H,1-2H3,(H,19,20,21)/t11-/m1/s1. The van der Waals surface area contributed by atoms with Crippen molar-refractivity contribution in [1.29, 1.82) is 5.26 Å². The van der Waals surface area contributed by atoms with Gasteiger partial charge in [0.05, 0.1) is 16.5 Å². The van der Waals surface area contributed by atoms with E-state index in [1.54, 1.807) is 26.0 Å². The summed E-state index contributed by atoms with van der Waals surface area (Å²) in [5.74, 6) is -1.18. The van der Waals surface area contributed by atoms with Crippen LogP contribution in [0.2, 0.25) is 0 Å². The van der Waals surface area contributed by atoms with E-state index in [0.29, 0.717) is 5.56 Å². The second kappa shape index (κ2) is 5.87. The van der Waals surface area contributed by atoms with Crippen LogP contribution in [-0.2, 0) is 10.1 Å². The molecule has 22 heavy (non-hydrogen) atoms. The van der Waals surface area contributed by atoms with E-state index in [0.717, 1.165) is 11.6 Å². The Balaban J connectivity index is 2.62. The van der Waals surface area contributed by atoms with Crippen LogP contribution in [-0.4, -0.2) is 13.0 Å². The lowest BCUT2D eigenvalue weighted by Gasteiger charge is -2.17. The molecular formula is C16H14FNO3S. The molecule has 0 aliphatic carbocycles. The van der Waals surface area contributed by atoms with Crippen LogP contribution in [0, 0.1) is 24.1 Å². The average molecular weight is 319 g/mol. The molecule has 2 aromatic rings. The first-order valence-electron chi connectivity index (χ1n) is 6.51. The molecule has 0 amide bonds. The van der Waals surface area contributed by atoms with Gasteiger partial charge in [0.1, 0.15) is 5.82 Å². The number of rotatable bonds is 3. The number of hydrogen-bond acceptors (Lipinski definition) is 3. The van der Waals surface area contributed by atoms with Gasteiger partial charge in [-0.3, -0.25) is 4.55 Å². The summed E-state index contributed by atoms with van der Waals surface area (Å²) in [6, 6.07) is 10.3. The number of nitrogens with zero attached hydrogens (tertiary/aromatic N) is 1. The van der Waals surface area contributed by atoms with Gasteiger partial charge in [-0.1, -0.05) is 30.7 Å². The molecule has 0 heterocycles. The summed E-state index contributed by atoms with van der Waals surface area (Å²) in [5.41, 5.74) is 1.55. The average Bonchev–Trinajstić information content (AvgIpc) is 2.45. The maximum absolute atomic E-state index is 14.1. The zero-order chi connectivity index (χ0) is 16.5. The third-order valence-corrected chi connectivity index (χ3v) is 4.43. The smallest absolute Gasteiger partial charge is 0.282 e. The molecule has 0 spiro atoms. The number of hydrogen-bond donors (Lipinski definition) is 1. The van der Waals surface area contributed by atoms with Crippen molar-refractivity contribution in [3.63, 3.8) is 0 Å². The molecule has 0 saturated carbocycles. The summed E-state index contributed by atoms with van der Waals surface area (Å²) in [4.78, 5) is -0.241. The predicted octanol–water partition coefficient (Wildman–Crippen LogP) is 3.40. The van der Waals surface area contributed by atoms with E-state index in [1.165, 1.54) is 18.2 Å². The fourth-order valence-corrected chi connectivity index (χ4v) is 3.13. The Bertz CT molecular complexity index is 869. The fraction of sp³-hybridized carbons (Fsp3) is 0.188. The molecule has 0 fully saturated rings. The Labute approximate surface area is 128 Å². The summed E-state index contributed by atoms with van der Waals surface area (Å²) in [6.45, 7) is 3.42. The van der Waals surface area contributed by atoms with Crippen molar-refractivity contribution in [1.82, 2.24) is 0 Å². The van der Waals surface area contributed by atoms with E-state index >= 15 is 0 Å². The van der Waals surface area contributed by atoms with Crippen molar-refractivity contribution in [2.45, 2.75) is 24.7 Å². The first kappa shape index (κ1) is 16.1. The zero-order valence-electron chi connectivity index (χ0n) is 12.0. The van der Waals surface area contributed by atoms with Crippen LogP contribution in [0.5, 0.6) is 0 Å². The maximum Gasteiger partial charge on any atom is 0.294 e. The third kappa shape index (κ3) is 3.16. The van der Waals surface area contributed by atoms with Crippen molar-refractivity contribution in [2.75, 3.05) is 0 Å². The lowest BCUT2D eigenvalue weighted by molar-refractivity contribution is 0.481. The first-order chi connectivity index (χ1) is 10.2. The van der Waals surface area contributed by atoms with Gasteiger partial charge >= 0.3 is 0 Å². The normalized spacial score (nSPS) is 12.7. The molecule has 0 aromatic heterocycles. The summed E-state index contributed by atoms with van der Waals surface area (Å²) in [6.07, 6.45) is 0. The topological polar surface area (TPSA) is 78.2 Å². The summed E-state index contributed by atoms with van der Waals surface area (Å²) in [7, 11) is -4.40. The van der Waals surface area contributed by atoms with Gasteiger partial charge in [-0.25, -0.2) is 4.39 Å². The SMILES string of the molecule is Cc1ccc(S(=O)(=O)O)c([C@H](C)c2ccc(C#N)cc2F)c1. The highest BCUT2D eigenvalue weighted by molar-refractivity contribution is 7.85. The second-order valence-corrected chi connectivity index (χ2v) is 6.48. The van der Waals surface area contributed by atoms with Crippen LogP contribution in [0.3, 0.4) is 0 Å². The molecule has 4 nitrogen and oxygen atoms in total. The van der Waals surface area contributed by atoms with Crippen LogP contribution in [0.1, 0.15) is 35.1 Å². The van der Waals surface area contributed by atoms with Crippen molar-refractivity contribution < 1.29 is 17.4 Å². The molecule has 1 N–H and O–H groups in total. The minimum atomic E-state index is -4.40. The van der Waals surface area contributed by atoms with Crippen molar-refractivity contribution in [2.24, 2.45) is 0 Å². The van der Waals surface area contributed by atoms with Gasteiger partial charge in [0.15, 0.2) is 0 Å². The number of aryl methyl sites for hydroxylation is 1. The van der Waals surface area contributed by atoms with E-state index in [1.807, 2.05) is 6.07 Å². The largest absolute Gasteiger partial charge is 0.294 e. The molecule has 0 unspecified atom stereocenters. The van der Waals surface area contributed by atoms with Gasteiger partial charge in [0.25, 0.3) is 10.1 Å². The lowest BCUT2D eigenvalue weighted by atomic mass is 9.91. The van der Waals surface area contributed by atoms with Gasteiger partial charge in [-0.05, 0) is 36.2 Å². The molecule has 0 radical (unpaired) electrons. The van der Waals surface area contributed by atoms with Crippen LogP contribution in [0.4, 0.5) is 4.39 Å². The predicted molar refractivity (Wildman–Crippen MR) is 79.6 cm³/mol. The fourth-order valence-electron chi connectivity index (χ4n) is 2.36. The number of benzene rings is 2. The number of nitriles is 1. The van der Waals surface area contributed by atoms with Crippen molar-refractivity contribution >= 4 is 10.1 Å². The summed E-state index contributed by atoms with van der Waals surface area (Å²) < 4.78 is 46.5. The van der Waals surface area contributed by atoms with Crippen LogP contribution in [0.25, 0.3) is 0 Å². The molecule has 2 rings (SSSR count). The second-order valence-electron chi connectivity index (χ2n) is 5.09. The van der Waals surface area contributed by atoms with E-state index in [-0.39, 0.29) is 16.0 Å².